The van der Waals surface area contributed by atoms with Gasteiger partial charge in [-0.3, -0.25) is 4.79 Å². The largest absolute Gasteiger partial charge is 0.351 e. The number of carbonyl (C=O) groups excluding carboxylic acids is 1. The second-order valence-electron chi connectivity index (χ2n) is 4.35. The maximum absolute atomic E-state index is 13.9. The summed E-state index contributed by atoms with van der Waals surface area (Å²) >= 11 is 0. The molecule has 1 saturated carbocycles. The molecule has 1 saturated heterocycles. The minimum Gasteiger partial charge on any atom is -0.351 e. The molecule has 1 aliphatic heterocycles. The first kappa shape index (κ1) is 9.90. The van der Waals surface area contributed by atoms with Gasteiger partial charge in [0.1, 0.15) is 0 Å². The average Bonchev–Trinajstić information content (AvgIpc) is 2.76. The van der Waals surface area contributed by atoms with Crippen LogP contribution in [0.1, 0.15) is 32.1 Å². The van der Waals surface area contributed by atoms with Gasteiger partial charge in [-0.1, -0.05) is 12.8 Å². The van der Waals surface area contributed by atoms with Gasteiger partial charge in [-0.15, -0.1) is 0 Å². The highest BCUT2D eigenvalue weighted by Crippen LogP contribution is 2.23. The van der Waals surface area contributed by atoms with E-state index in [1.807, 2.05) is 0 Å². The summed E-state index contributed by atoms with van der Waals surface area (Å²) < 4.78 is 13.9. The van der Waals surface area contributed by atoms with Crippen molar-refractivity contribution in [2.24, 2.45) is 0 Å². The fraction of sp³-hybridized carbons (Fsp3) is 0.900. The van der Waals surface area contributed by atoms with Crippen LogP contribution in [0.15, 0.2) is 0 Å². The van der Waals surface area contributed by atoms with Crippen LogP contribution in [-0.2, 0) is 4.79 Å². The average molecular weight is 200 g/mol. The first-order valence-electron chi connectivity index (χ1n) is 5.41. The number of amides is 1. The number of hydrogen-bond acceptors (Lipinski definition) is 2. The van der Waals surface area contributed by atoms with E-state index >= 15 is 0 Å². The Kier molecular flexibility index (Phi) is 2.72. The van der Waals surface area contributed by atoms with Crippen molar-refractivity contribution in [2.75, 3.05) is 13.1 Å². The Labute approximate surface area is 83.4 Å². The summed E-state index contributed by atoms with van der Waals surface area (Å²) in [5.74, 6) is -0.408. The minimum absolute atomic E-state index is 0.172. The van der Waals surface area contributed by atoms with Gasteiger partial charge in [0.25, 0.3) is 5.91 Å². The molecule has 1 amide bonds. The van der Waals surface area contributed by atoms with Crippen molar-refractivity contribution >= 4 is 5.91 Å². The molecule has 0 aromatic carbocycles. The fourth-order valence-electron chi connectivity index (χ4n) is 2.24. The van der Waals surface area contributed by atoms with Gasteiger partial charge in [-0.25, -0.2) is 4.39 Å². The predicted molar refractivity (Wildman–Crippen MR) is 51.7 cm³/mol. The molecule has 4 heteroatoms. The first-order valence-corrected chi connectivity index (χ1v) is 5.41. The van der Waals surface area contributed by atoms with E-state index in [9.17, 15) is 9.18 Å². The molecule has 1 unspecified atom stereocenters. The number of rotatable bonds is 2. The topological polar surface area (TPSA) is 41.1 Å². The third-order valence-corrected chi connectivity index (χ3v) is 3.20. The zero-order valence-corrected chi connectivity index (χ0v) is 8.31. The number of halogens is 1. The fourth-order valence-corrected chi connectivity index (χ4v) is 2.24. The molecule has 0 aromatic heterocycles. The second kappa shape index (κ2) is 3.85. The van der Waals surface area contributed by atoms with Gasteiger partial charge in [-0.05, 0) is 19.4 Å². The summed E-state index contributed by atoms with van der Waals surface area (Å²) in [4.78, 5) is 11.6. The van der Waals surface area contributed by atoms with Crippen LogP contribution in [-0.4, -0.2) is 30.7 Å². The van der Waals surface area contributed by atoms with Crippen molar-refractivity contribution in [1.82, 2.24) is 10.6 Å². The molecule has 2 fully saturated rings. The van der Waals surface area contributed by atoms with Crippen molar-refractivity contribution in [2.45, 2.75) is 43.8 Å². The smallest absolute Gasteiger partial charge is 0.259 e. The van der Waals surface area contributed by atoms with Gasteiger partial charge in [0, 0.05) is 19.0 Å². The Morgan fingerprint density at radius 3 is 2.71 bits per heavy atom. The third-order valence-electron chi connectivity index (χ3n) is 3.20. The summed E-state index contributed by atoms with van der Waals surface area (Å²) in [5, 5.41) is 5.69. The molecule has 14 heavy (non-hydrogen) atoms. The van der Waals surface area contributed by atoms with E-state index in [2.05, 4.69) is 10.6 Å². The van der Waals surface area contributed by atoms with Crippen LogP contribution in [0.3, 0.4) is 0 Å². The van der Waals surface area contributed by atoms with Crippen LogP contribution >= 0.6 is 0 Å². The van der Waals surface area contributed by atoms with Crippen molar-refractivity contribution in [3.63, 3.8) is 0 Å². The lowest BCUT2D eigenvalue weighted by molar-refractivity contribution is -0.132. The molecule has 80 valence electrons. The van der Waals surface area contributed by atoms with Gasteiger partial charge in [-0.2, -0.15) is 0 Å². The summed E-state index contributed by atoms with van der Waals surface area (Å²) in [6, 6.07) is 0.218. The lowest BCUT2D eigenvalue weighted by atomic mass is 10.0. The van der Waals surface area contributed by atoms with E-state index in [1.165, 1.54) is 0 Å². The number of hydrogen-bond donors (Lipinski definition) is 2. The summed E-state index contributed by atoms with van der Waals surface area (Å²) in [6.45, 7) is 0.778. The summed E-state index contributed by atoms with van der Waals surface area (Å²) in [7, 11) is 0. The van der Waals surface area contributed by atoms with Gasteiger partial charge < -0.3 is 10.6 Å². The highest BCUT2D eigenvalue weighted by Gasteiger charge is 2.42. The van der Waals surface area contributed by atoms with E-state index in [0.717, 1.165) is 25.7 Å². The van der Waals surface area contributed by atoms with E-state index in [-0.39, 0.29) is 12.6 Å². The third kappa shape index (κ3) is 1.90. The molecule has 0 bridgehead atoms. The molecule has 0 spiro atoms. The lowest BCUT2D eigenvalue weighted by Gasteiger charge is -2.20. The minimum atomic E-state index is -1.65. The molecule has 0 radical (unpaired) electrons. The Hall–Kier alpha value is -0.640. The van der Waals surface area contributed by atoms with Crippen molar-refractivity contribution < 1.29 is 9.18 Å². The van der Waals surface area contributed by atoms with Crippen LogP contribution in [0, 0.1) is 0 Å². The zero-order valence-electron chi connectivity index (χ0n) is 8.31. The molecule has 0 aromatic rings. The van der Waals surface area contributed by atoms with E-state index < -0.39 is 11.6 Å². The highest BCUT2D eigenvalue weighted by atomic mass is 19.1. The van der Waals surface area contributed by atoms with E-state index in [4.69, 9.17) is 0 Å². The molecule has 2 N–H and O–H groups in total. The van der Waals surface area contributed by atoms with Crippen molar-refractivity contribution in [1.29, 1.82) is 0 Å². The van der Waals surface area contributed by atoms with Crippen molar-refractivity contribution in [3.05, 3.63) is 0 Å². The summed E-state index contributed by atoms with van der Waals surface area (Å²) in [6.07, 6.45) is 4.64. The maximum atomic E-state index is 13.9. The SMILES string of the molecule is O=C(NC1CCCC1)C1(F)CCNC1. The van der Waals surface area contributed by atoms with Crippen LogP contribution in [0.4, 0.5) is 4.39 Å². The van der Waals surface area contributed by atoms with Crippen LogP contribution in [0.2, 0.25) is 0 Å². The molecular formula is C10H17FN2O. The quantitative estimate of drug-likeness (QED) is 0.690. The molecular weight excluding hydrogens is 183 g/mol. The van der Waals surface area contributed by atoms with Crippen molar-refractivity contribution in [3.8, 4) is 0 Å². The molecule has 1 atom stereocenters. The van der Waals surface area contributed by atoms with Crippen LogP contribution in [0.5, 0.6) is 0 Å². The number of alkyl halides is 1. The maximum Gasteiger partial charge on any atom is 0.259 e. The van der Waals surface area contributed by atoms with Crippen LogP contribution in [0.25, 0.3) is 0 Å². The molecule has 2 rings (SSSR count). The first-order chi connectivity index (χ1) is 6.71. The highest BCUT2D eigenvalue weighted by molar-refractivity contribution is 5.86. The number of nitrogens with one attached hydrogen (secondary N) is 2. The van der Waals surface area contributed by atoms with Gasteiger partial charge >= 0.3 is 0 Å². The molecule has 3 nitrogen and oxygen atoms in total. The van der Waals surface area contributed by atoms with Gasteiger partial charge in [0.15, 0.2) is 0 Å². The predicted octanol–water partition coefficient (Wildman–Crippen LogP) is 0.747. The van der Waals surface area contributed by atoms with Gasteiger partial charge in [0.05, 0.1) is 0 Å². The Morgan fingerprint density at radius 1 is 1.43 bits per heavy atom. The van der Waals surface area contributed by atoms with Gasteiger partial charge in [0.2, 0.25) is 5.67 Å². The van der Waals surface area contributed by atoms with E-state index in [1.54, 1.807) is 0 Å². The Balaban J connectivity index is 1.87. The molecule has 1 aliphatic carbocycles. The molecule has 1 heterocycles. The standard InChI is InChI=1S/C10H17FN2O/c11-10(5-6-12-7-10)9(14)13-8-3-1-2-4-8/h8,12H,1-7H2,(H,13,14). The lowest BCUT2D eigenvalue weighted by Crippen LogP contribution is -2.48. The monoisotopic (exact) mass is 200 g/mol. The summed E-state index contributed by atoms with van der Waals surface area (Å²) in [5.41, 5.74) is -1.65. The Bertz CT molecular complexity index is 220. The van der Waals surface area contributed by atoms with Crippen LogP contribution < -0.4 is 10.6 Å². The normalized spacial score (nSPS) is 33.5. The zero-order chi connectivity index (χ0) is 10.0. The Morgan fingerprint density at radius 2 is 2.14 bits per heavy atom. The molecule has 2 aliphatic rings. The second-order valence-corrected chi connectivity index (χ2v) is 4.35. The number of carbonyl (C=O) groups is 1. The van der Waals surface area contributed by atoms with E-state index in [0.29, 0.717) is 13.0 Å².